The van der Waals surface area contributed by atoms with E-state index in [0.717, 1.165) is 24.2 Å². The monoisotopic (exact) mass is 390 g/mol. The van der Waals surface area contributed by atoms with Gasteiger partial charge in [-0.3, -0.25) is 9.99 Å². The van der Waals surface area contributed by atoms with Crippen molar-refractivity contribution in [3.63, 3.8) is 0 Å². The van der Waals surface area contributed by atoms with Gasteiger partial charge in [0.2, 0.25) is 0 Å². The van der Waals surface area contributed by atoms with Crippen molar-refractivity contribution in [2.75, 3.05) is 5.01 Å². The van der Waals surface area contributed by atoms with Crippen LogP contribution in [-0.2, 0) is 6.42 Å². The lowest BCUT2D eigenvalue weighted by Crippen LogP contribution is -2.40. The van der Waals surface area contributed by atoms with Gasteiger partial charge in [0.15, 0.2) is 0 Å². The zero-order valence-electron chi connectivity index (χ0n) is 16.0. The van der Waals surface area contributed by atoms with Gasteiger partial charge >= 0.3 is 0 Å². The molecule has 2 atom stereocenters. The average Bonchev–Trinajstić information content (AvgIpc) is 3.34. The van der Waals surface area contributed by atoms with Crippen LogP contribution in [0.3, 0.4) is 0 Å². The van der Waals surface area contributed by atoms with Gasteiger partial charge in [0.25, 0.3) is 0 Å². The van der Waals surface area contributed by atoms with Crippen LogP contribution in [0.1, 0.15) is 54.6 Å². The minimum absolute atomic E-state index is 0.371. The first kappa shape index (κ1) is 17.7. The maximum Gasteiger partial charge on any atom is 0.101 e. The molecule has 2 aliphatic carbocycles. The molecule has 4 nitrogen and oxygen atoms in total. The minimum Gasteiger partial charge on any atom is -0.261 e. The number of rotatable bonds is 2. The molecule has 0 bridgehead atoms. The van der Waals surface area contributed by atoms with Crippen molar-refractivity contribution < 1.29 is 0 Å². The highest BCUT2D eigenvalue weighted by Crippen LogP contribution is 2.44. The number of aromatic nitrogens is 1. The maximum atomic E-state index is 9.22. The molecule has 28 heavy (non-hydrogen) atoms. The molecule has 5 heteroatoms. The first-order chi connectivity index (χ1) is 13.7. The summed E-state index contributed by atoms with van der Waals surface area (Å²) >= 11 is 6.36. The Labute approximate surface area is 170 Å². The van der Waals surface area contributed by atoms with Gasteiger partial charge < -0.3 is 0 Å². The van der Waals surface area contributed by atoms with Crippen LogP contribution in [0.2, 0.25) is 5.02 Å². The number of aryl methyl sites for hydroxylation is 2. The van der Waals surface area contributed by atoms with Gasteiger partial charge in [-0.2, -0.15) is 10.4 Å². The Kier molecular flexibility index (Phi) is 4.36. The van der Waals surface area contributed by atoms with Crippen LogP contribution in [0.4, 0.5) is 5.69 Å². The van der Waals surface area contributed by atoms with Gasteiger partial charge in [0.05, 0.1) is 28.0 Å². The molecule has 2 heterocycles. The van der Waals surface area contributed by atoms with Crippen LogP contribution >= 0.6 is 11.6 Å². The second kappa shape index (κ2) is 6.90. The van der Waals surface area contributed by atoms with Crippen LogP contribution in [0.5, 0.6) is 0 Å². The van der Waals surface area contributed by atoms with Crippen molar-refractivity contribution in [1.29, 1.82) is 5.26 Å². The van der Waals surface area contributed by atoms with E-state index in [1.165, 1.54) is 42.7 Å². The Bertz CT molecular complexity index is 1000. The lowest BCUT2D eigenvalue weighted by molar-refractivity contribution is 0.353. The summed E-state index contributed by atoms with van der Waals surface area (Å²) in [6.45, 7) is 2.05. The Morgan fingerprint density at radius 2 is 1.96 bits per heavy atom. The van der Waals surface area contributed by atoms with E-state index in [1.54, 1.807) is 0 Å². The van der Waals surface area contributed by atoms with Crippen molar-refractivity contribution >= 4 is 23.0 Å². The molecule has 1 saturated carbocycles. The average molecular weight is 391 g/mol. The van der Waals surface area contributed by atoms with E-state index in [0.29, 0.717) is 28.5 Å². The second-order valence-electron chi connectivity index (χ2n) is 8.23. The van der Waals surface area contributed by atoms with E-state index in [4.69, 9.17) is 21.7 Å². The number of halogens is 1. The fourth-order valence-corrected chi connectivity index (χ4v) is 5.49. The molecule has 2 aromatic rings. The third-order valence-corrected chi connectivity index (χ3v) is 6.88. The van der Waals surface area contributed by atoms with E-state index in [9.17, 15) is 5.26 Å². The van der Waals surface area contributed by atoms with E-state index in [1.807, 2.05) is 18.2 Å². The Morgan fingerprint density at radius 3 is 2.71 bits per heavy atom. The van der Waals surface area contributed by atoms with Crippen LogP contribution in [0.15, 0.2) is 35.4 Å². The normalized spacial score (nSPS) is 23.9. The molecule has 0 saturated heterocycles. The zero-order chi connectivity index (χ0) is 19.3. The molecule has 2 unspecified atom stereocenters. The number of hydrogen-bond donors (Lipinski definition) is 0. The number of fused-ring (bicyclic) bond motifs is 3. The third-order valence-electron chi connectivity index (χ3n) is 6.56. The lowest BCUT2D eigenvalue weighted by atomic mass is 9.76. The number of hydrogen-bond acceptors (Lipinski definition) is 4. The van der Waals surface area contributed by atoms with Crippen LogP contribution in [0.25, 0.3) is 0 Å². The van der Waals surface area contributed by atoms with E-state index in [-0.39, 0.29) is 0 Å². The summed E-state index contributed by atoms with van der Waals surface area (Å²) in [4.78, 5) is 4.77. The predicted molar refractivity (Wildman–Crippen MR) is 112 cm³/mol. The molecule has 0 spiro atoms. The van der Waals surface area contributed by atoms with Crippen molar-refractivity contribution in [1.82, 2.24) is 4.98 Å². The van der Waals surface area contributed by atoms with Gasteiger partial charge in [-0.25, -0.2) is 0 Å². The second-order valence-corrected chi connectivity index (χ2v) is 8.64. The molecule has 0 amide bonds. The standard InChI is InChI=1S/C23H23ClN4/c1-14-6-9-18-21(26-14)11-10-19-22(18)27-28(23(19)15-4-2-3-5-15)17-8-7-16(13-25)20(24)12-17/h6-9,12,15,19,23H,2-5,10-11H2,1H3. The highest BCUT2D eigenvalue weighted by molar-refractivity contribution is 6.32. The molecule has 1 fully saturated rings. The number of nitrogens with zero attached hydrogens (tertiary/aromatic N) is 4. The highest BCUT2D eigenvalue weighted by atomic mass is 35.5. The molecular formula is C23H23ClN4. The van der Waals surface area contributed by atoms with Crippen molar-refractivity contribution in [2.45, 2.75) is 51.5 Å². The largest absolute Gasteiger partial charge is 0.261 e. The molecule has 0 N–H and O–H groups in total. The first-order valence-electron chi connectivity index (χ1n) is 10.2. The SMILES string of the molecule is Cc1ccc2c(n1)CCC1C2=NN(c2ccc(C#N)c(Cl)c2)C1C1CCCC1. The Hall–Kier alpha value is -2.38. The third kappa shape index (κ3) is 2.81. The quantitative estimate of drug-likeness (QED) is 0.702. The maximum absolute atomic E-state index is 9.22. The van der Waals surface area contributed by atoms with E-state index >= 15 is 0 Å². The summed E-state index contributed by atoms with van der Waals surface area (Å²) < 4.78 is 0. The summed E-state index contributed by atoms with van der Waals surface area (Å²) in [5, 5.41) is 17.1. The van der Waals surface area contributed by atoms with Crippen LogP contribution in [0, 0.1) is 30.1 Å². The topological polar surface area (TPSA) is 52.3 Å². The smallest absolute Gasteiger partial charge is 0.101 e. The molecule has 5 rings (SSSR count). The first-order valence-corrected chi connectivity index (χ1v) is 10.6. The minimum atomic E-state index is 0.371. The molecule has 3 aliphatic rings. The highest BCUT2D eigenvalue weighted by Gasteiger charge is 2.45. The van der Waals surface area contributed by atoms with E-state index < -0.39 is 0 Å². The Balaban J connectivity index is 1.60. The van der Waals surface area contributed by atoms with Crippen molar-refractivity contribution in [2.24, 2.45) is 16.9 Å². The zero-order valence-corrected chi connectivity index (χ0v) is 16.8. The Morgan fingerprint density at radius 1 is 1.14 bits per heavy atom. The lowest BCUT2D eigenvalue weighted by Gasteiger charge is -2.34. The summed E-state index contributed by atoms with van der Waals surface area (Å²) in [5.74, 6) is 1.09. The summed E-state index contributed by atoms with van der Waals surface area (Å²) in [6.07, 6.45) is 7.27. The van der Waals surface area contributed by atoms with E-state index in [2.05, 4.69) is 30.1 Å². The fourth-order valence-electron chi connectivity index (χ4n) is 5.27. The number of hydrazone groups is 1. The number of benzene rings is 1. The summed E-state index contributed by atoms with van der Waals surface area (Å²) in [7, 11) is 0. The van der Waals surface area contributed by atoms with Crippen molar-refractivity contribution in [3.8, 4) is 6.07 Å². The molecule has 1 aliphatic heterocycles. The summed E-state index contributed by atoms with van der Waals surface area (Å²) in [5.41, 5.74) is 6.15. The predicted octanol–water partition coefficient (Wildman–Crippen LogP) is 5.26. The van der Waals surface area contributed by atoms with Gasteiger partial charge in [-0.15, -0.1) is 0 Å². The molecule has 1 aromatic carbocycles. The summed E-state index contributed by atoms with van der Waals surface area (Å²) in [6, 6.07) is 12.5. The number of anilines is 1. The fraction of sp³-hybridized carbons (Fsp3) is 0.435. The van der Waals surface area contributed by atoms with Gasteiger partial charge in [0, 0.05) is 22.9 Å². The molecule has 0 radical (unpaired) electrons. The van der Waals surface area contributed by atoms with Crippen LogP contribution in [-0.4, -0.2) is 16.7 Å². The molecule has 142 valence electrons. The molecule has 1 aromatic heterocycles. The number of nitriles is 1. The van der Waals surface area contributed by atoms with Crippen molar-refractivity contribution in [3.05, 3.63) is 57.9 Å². The van der Waals surface area contributed by atoms with Crippen LogP contribution < -0.4 is 5.01 Å². The van der Waals surface area contributed by atoms with Gasteiger partial charge in [0.1, 0.15) is 6.07 Å². The number of pyridine rings is 1. The van der Waals surface area contributed by atoms with Gasteiger partial charge in [-0.1, -0.05) is 24.4 Å². The van der Waals surface area contributed by atoms with Gasteiger partial charge in [-0.05, 0) is 68.9 Å². The molecular weight excluding hydrogens is 368 g/mol.